The van der Waals surface area contributed by atoms with Gasteiger partial charge in [0.15, 0.2) is 11.5 Å². The fourth-order valence-corrected chi connectivity index (χ4v) is 6.87. The molecule has 3 aromatic carbocycles. The molecule has 0 radical (unpaired) electrons. The zero-order valence-corrected chi connectivity index (χ0v) is 25.9. The smallest absolute Gasteiger partial charge is 0.355 e. The van der Waals surface area contributed by atoms with E-state index >= 15 is 0 Å². The first-order valence-corrected chi connectivity index (χ1v) is 14.9. The van der Waals surface area contributed by atoms with Gasteiger partial charge in [-0.15, -0.1) is 11.3 Å². The molecule has 2 heterocycles. The first-order chi connectivity index (χ1) is 20.1. The van der Waals surface area contributed by atoms with Crippen LogP contribution in [-0.4, -0.2) is 19.7 Å². The fourth-order valence-electron chi connectivity index (χ4n) is 4.63. The molecule has 1 unspecified atom stereocenters. The van der Waals surface area contributed by atoms with Crippen LogP contribution in [0.5, 0.6) is 23.0 Å². The van der Waals surface area contributed by atoms with E-state index in [1.165, 1.54) is 0 Å². The van der Waals surface area contributed by atoms with Gasteiger partial charge in [0.05, 0.1) is 29.7 Å². The number of nitriles is 1. The van der Waals surface area contributed by atoms with Crippen LogP contribution >= 0.6 is 46.1 Å². The van der Waals surface area contributed by atoms with E-state index in [-0.39, 0.29) is 27.1 Å². The van der Waals surface area contributed by atoms with Crippen molar-refractivity contribution in [2.24, 2.45) is 11.7 Å². The van der Waals surface area contributed by atoms with Crippen LogP contribution in [0.25, 0.3) is 10.1 Å². The number of rotatable bonds is 8. The molecule has 11 heteroatoms. The number of esters is 1. The summed E-state index contributed by atoms with van der Waals surface area (Å²) in [5.41, 5.74) is 7.85. The highest BCUT2D eigenvalue weighted by atomic mass is 35.5. The van der Waals surface area contributed by atoms with Crippen LogP contribution in [0.3, 0.4) is 0 Å². The maximum Gasteiger partial charge on any atom is 0.355 e. The molecule has 0 fully saturated rings. The fraction of sp³-hybridized carbons (Fsp3) is 0.226. The number of benzene rings is 3. The van der Waals surface area contributed by atoms with E-state index in [4.69, 9.17) is 59.5 Å². The van der Waals surface area contributed by atoms with Gasteiger partial charge in [0.1, 0.15) is 28.0 Å². The van der Waals surface area contributed by atoms with Gasteiger partial charge in [0, 0.05) is 26.7 Å². The van der Waals surface area contributed by atoms with Crippen LogP contribution in [0, 0.1) is 17.2 Å². The quantitative estimate of drug-likeness (QED) is 0.151. The summed E-state index contributed by atoms with van der Waals surface area (Å²) < 4.78 is 23.7. The number of ether oxygens (including phenoxy) is 4. The Kier molecular flexibility index (Phi) is 8.76. The summed E-state index contributed by atoms with van der Waals surface area (Å²) in [4.78, 5) is 13.3. The Morgan fingerprint density at radius 2 is 1.90 bits per heavy atom. The zero-order valence-electron chi connectivity index (χ0n) is 22.8. The highest BCUT2D eigenvalue weighted by Gasteiger charge is 2.32. The van der Waals surface area contributed by atoms with E-state index < -0.39 is 11.9 Å². The van der Waals surface area contributed by atoms with E-state index in [0.29, 0.717) is 55.5 Å². The van der Waals surface area contributed by atoms with Crippen molar-refractivity contribution in [1.82, 2.24) is 0 Å². The second kappa shape index (κ2) is 12.3. The lowest BCUT2D eigenvalue weighted by Gasteiger charge is -2.27. The lowest BCUT2D eigenvalue weighted by atomic mass is 9.83. The number of hydrogen-bond donors (Lipinski definition) is 1. The van der Waals surface area contributed by atoms with E-state index in [1.807, 2.05) is 18.2 Å². The molecule has 1 aliphatic rings. The molecule has 0 aliphatic carbocycles. The number of nitrogens with zero attached hydrogens (tertiary/aromatic N) is 1. The highest BCUT2D eigenvalue weighted by molar-refractivity contribution is 7.21. The number of allylic oxidation sites excluding steroid dienone is 1. The summed E-state index contributed by atoms with van der Waals surface area (Å²) in [6.45, 7) is 4.81. The highest BCUT2D eigenvalue weighted by Crippen LogP contribution is 2.46. The van der Waals surface area contributed by atoms with E-state index in [0.717, 1.165) is 23.3 Å². The molecule has 0 bridgehead atoms. The monoisotopic (exact) mass is 642 g/mol. The summed E-state index contributed by atoms with van der Waals surface area (Å²) >= 11 is 20.0. The number of carbonyl (C=O) groups is 1. The maximum atomic E-state index is 13.1. The second-order valence-corrected chi connectivity index (χ2v) is 12.2. The molecule has 7 nitrogen and oxygen atoms in total. The molecular weight excluding hydrogens is 619 g/mol. The lowest BCUT2D eigenvalue weighted by Crippen LogP contribution is -2.21. The van der Waals surface area contributed by atoms with Gasteiger partial charge in [0.2, 0.25) is 5.88 Å². The Morgan fingerprint density at radius 3 is 2.62 bits per heavy atom. The molecular formula is C31H25Cl3N2O5S. The molecule has 0 saturated heterocycles. The van der Waals surface area contributed by atoms with Crippen molar-refractivity contribution in [3.8, 4) is 29.1 Å². The van der Waals surface area contributed by atoms with Gasteiger partial charge in [0.25, 0.3) is 0 Å². The molecule has 0 spiro atoms. The predicted molar refractivity (Wildman–Crippen MR) is 165 cm³/mol. The number of hydrogen-bond acceptors (Lipinski definition) is 8. The Balaban J connectivity index is 1.45. The van der Waals surface area contributed by atoms with Crippen LogP contribution in [0.2, 0.25) is 15.1 Å². The van der Waals surface area contributed by atoms with Gasteiger partial charge >= 0.3 is 5.97 Å². The number of halogens is 3. The van der Waals surface area contributed by atoms with Crippen molar-refractivity contribution in [2.75, 3.05) is 13.7 Å². The Labute approximate surface area is 261 Å². The molecule has 216 valence electrons. The predicted octanol–water partition coefficient (Wildman–Crippen LogP) is 8.73. The molecule has 4 aromatic rings. The number of nitrogens with two attached hydrogens (primary N) is 1. The van der Waals surface area contributed by atoms with Crippen LogP contribution < -0.4 is 24.7 Å². The van der Waals surface area contributed by atoms with Crippen LogP contribution in [0.4, 0.5) is 0 Å². The summed E-state index contributed by atoms with van der Waals surface area (Å²) in [6.07, 6.45) is 0.903. The van der Waals surface area contributed by atoms with E-state index in [1.54, 1.807) is 37.4 Å². The van der Waals surface area contributed by atoms with Gasteiger partial charge in [-0.1, -0.05) is 60.8 Å². The molecule has 42 heavy (non-hydrogen) atoms. The average Bonchev–Trinajstić information content (AvgIpc) is 3.28. The lowest BCUT2D eigenvalue weighted by molar-refractivity contribution is 0.0740. The minimum Gasteiger partial charge on any atom is -0.493 e. The SMILES string of the molecule is COc1cc(C2C(C#N)=C(N)Oc3cc(OC(=O)c4sc5cc(Cl)cc(Cl)c5c4Cl)ccc32)ccc1OCCC(C)C. The minimum absolute atomic E-state index is 0.0474. The van der Waals surface area contributed by atoms with Gasteiger partial charge in [-0.25, -0.2) is 4.79 Å². The molecule has 0 saturated carbocycles. The zero-order chi connectivity index (χ0) is 30.1. The van der Waals surface area contributed by atoms with Gasteiger partial charge in [-0.2, -0.15) is 5.26 Å². The van der Waals surface area contributed by atoms with Crippen molar-refractivity contribution < 1.29 is 23.7 Å². The minimum atomic E-state index is -0.667. The average molecular weight is 644 g/mol. The van der Waals surface area contributed by atoms with Gasteiger partial charge in [-0.3, -0.25) is 0 Å². The Hall–Kier alpha value is -3.61. The standard InChI is InChI=1S/C31H25Cl3N2O5S/c1-15(2)8-9-39-22-7-4-16(10-24(22)38-3)26-19-6-5-18(13-23(19)41-30(36)20(26)14-35)40-31(37)29-28(34)27-21(33)11-17(32)12-25(27)42-29/h4-7,10-13,15,26H,8-9,36H2,1-3H3. The summed E-state index contributed by atoms with van der Waals surface area (Å²) in [7, 11) is 1.56. The number of fused-ring (bicyclic) bond motifs is 2. The van der Waals surface area contributed by atoms with Crippen molar-refractivity contribution >= 4 is 62.2 Å². The van der Waals surface area contributed by atoms with Crippen LogP contribution in [-0.2, 0) is 0 Å². The molecule has 1 atom stereocenters. The topological polar surface area (TPSA) is 104 Å². The summed E-state index contributed by atoms with van der Waals surface area (Å²) in [6, 6.07) is 15.8. The van der Waals surface area contributed by atoms with Crippen molar-refractivity contribution in [1.29, 1.82) is 5.26 Å². The normalized spacial score (nSPS) is 14.4. The van der Waals surface area contributed by atoms with Gasteiger partial charge < -0.3 is 24.7 Å². The van der Waals surface area contributed by atoms with Crippen molar-refractivity contribution in [2.45, 2.75) is 26.2 Å². The van der Waals surface area contributed by atoms with Crippen molar-refractivity contribution in [3.63, 3.8) is 0 Å². The third-order valence-corrected chi connectivity index (χ3v) is 8.83. The molecule has 2 N–H and O–H groups in total. The summed E-state index contributed by atoms with van der Waals surface area (Å²) in [5, 5.41) is 11.5. The molecule has 1 aliphatic heterocycles. The third-order valence-electron chi connectivity index (χ3n) is 6.71. The van der Waals surface area contributed by atoms with Gasteiger partial charge in [-0.05, 0) is 48.2 Å². The molecule has 5 rings (SSSR count). The van der Waals surface area contributed by atoms with Crippen molar-refractivity contribution in [3.05, 3.63) is 91.1 Å². The van der Waals surface area contributed by atoms with E-state index in [2.05, 4.69) is 19.9 Å². The largest absolute Gasteiger partial charge is 0.493 e. The Morgan fingerprint density at radius 1 is 1.12 bits per heavy atom. The first kappa shape index (κ1) is 29.9. The maximum absolute atomic E-state index is 13.1. The first-order valence-electron chi connectivity index (χ1n) is 12.9. The molecule has 1 aromatic heterocycles. The number of thiophene rings is 1. The Bertz CT molecular complexity index is 1780. The van der Waals surface area contributed by atoms with E-state index in [9.17, 15) is 10.1 Å². The number of carbonyl (C=O) groups excluding carboxylic acids is 1. The second-order valence-electron chi connectivity index (χ2n) is 9.96. The molecule has 0 amide bonds. The van der Waals surface area contributed by atoms with Crippen LogP contribution in [0.1, 0.15) is 47.0 Å². The van der Waals surface area contributed by atoms with Crippen LogP contribution in [0.15, 0.2) is 60.0 Å². The number of methoxy groups -OCH3 is 1. The summed E-state index contributed by atoms with van der Waals surface area (Å²) in [5.74, 6) is 0.927. The third kappa shape index (κ3) is 5.83.